The summed E-state index contributed by atoms with van der Waals surface area (Å²) in [6.45, 7) is 1.95. The lowest BCUT2D eigenvalue weighted by Crippen LogP contribution is -2.37. The largest absolute Gasteiger partial charge is 0.452 e. The normalized spacial score (nSPS) is 16.9. The number of hydrogen-bond acceptors (Lipinski definition) is 5. The second-order valence-electron chi connectivity index (χ2n) is 7.34. The molecule has 0 spiro atoms. The lowest BCUT2D eigenvalue weighted by Gasteiger charge is -2.17. The molecule has 1 aromatic rings. The molecule has 0 bridgehead atoms. The zero-order valence-electron chi connectivity index (χ0n) is 16.6. The van der Waals surface area contributed by atoms with Gasteiger partial charge in [0.15, 0.2) is 6.10 Å². The lowest BCUT2D eigenvalue weighted by molar-refractivity contribution is -0.154. The Morgan fingerprint density at radius 3 is 2.45 bits per heavy atom. The van der Waals surface area contributed by atoms with Gasteiger partial charge >= 0.3 is 5.97 Å². The standard InChI is InChI=1S/C22H26N2O5/c1-15(20(26)23-13-11-16-7-3-2-4-8-16)29-19(25)12-14-24-21(27)17-9-5-6-10-18(17)22(24)28/h5-7,9-10,15H,2-4,8,11-14H2,1H3,(H,23,26). The van der Waals surface area contributed by atoms with Gasteiger partial charge in [-0.25, -0.2) is 0 Å². The van der Waals surface area contributed by atoms with Crippen molar-refractivity contribution < 1.29 is 23.9 Å². The van der Waals surface area contributed by atoms with E-state index in [4.69, 9.17) is 4.74 Å². The smallest absolute Gasteiger partial charge is 0.308 e. The van der Waals surface area contributed by atoms with Gasteiger partial charge in [-0.05, 0) is 51.2 Å². The third-order valence-electron chi connectivity index (χ3n) is 5.23. The monoisotopic (exact) mass is 398 g/mol. The van der Waals surface area contributed by atoms with Crippen molar-refractivity contribution in [1.29, 1.82) is 0 Å². The van der Waals surface area contributed by atoms with E-state index in [1.807, 2.05) is 0 Å². The summed E-state index contributed by atoms with van der Waals surface area (Å²) in [6.07, 6.45) is 6.57. The van der Waals surface area contributed by atoms with Crippen molar-refractivity contribution in [2.24, 2.45) is 0 Å². The molecule has 0 saturated carbocycles. The molecule has 2 aliphatic rings. The van der Waals surface area contributed by atoms with E-state index in [0.717, 1.165) is 24.2 Å². The van der Waals surface area contributed by atoms with E-state index in [2.05, 4.69) is 11.4 Å². The first-order valence-electron chi connectivity index (χ1n) is 10.1. The van der Waals surface area contributed by atoms with Crippen LogP contribution in [0.1, 0.15) is 66.2 Å². The summed E-state index contributed by atoms with van der Waals surface area (Å²) in [5.74, 6) is -1.81. The SMILES string of the molecule is CC(OC(=O)CCN1C(=O)c2ccccc2C1=O)C(=O)NCCC1=CCCCC1. The van der Waals surface area contributed by atoms with E-state index in [1.165, 1.54) is 25.3 Å². The number of nitrogens with zero attached hydrogens (tertiary/aromatic N) is 1. The number of amides is 3. The summed E-state index contributed by atoms with van der Waals surface area (Å²) in [6, 6.07) is 6.55. The van der Waals surface area contributed by atoms with E-state index < -0.39 is 23.9 Å². The fourth-order valence-corrected chi connectivity index (χ4v) is 3.58. The number of fused-ring (bicyclic) bond motifs is 1. The Balaban J connectivity index is 1.40. The summed E-state index contributed by atoms with van der Waals surface area (Å²) in [5, 5.41) is 2.78. The molecule has 0 saturated heterocycles. The van der Waals surface area contributed by atoms with Crippen LogP contribution < -0.4 is 5.32 Å². The van der Waals surface area contributed by atoms with E-state index in [9.17, 15) is 19.2 Å². The minimum absolute atomic E-state index is 0.0757. The molecule has 3 rings (SSSR count). The molecule has 0 aromatic heterocycles. The molecule has 154 valence electrons. The first-order valence-corrected chi connectivity index (χ1v) is 10.1. The van der Waals surface area contributed by atoms with Crippen molar-refractivity contribution >= 4 is 23.7 Å². The summed E-state index contributed by atoms with van der Waals surface area (Å²) in [5.41, 5.74) is 2.04. The maximum absolute atomic E-state index is 12.3. The van der Waals surface area contributed by atoms with Gasteiger partial charge in [-0.3, -0.25) is 24.1 Å². The maximum Gasteiger partial charge on any atom is 0.308 e. The molecule has 1 atom stereocenters. The van der Waals surface area contributed by atoms with Crippen LogP contribution in [0.4, 0.5) is 0 Å². The number of ether oxygens (including phenoxy) is 1. The summed E-state index contributed by atoms with van der Waals surface area (Å²) in [7, 11) is 0. The fraction of sp³-hybridized carbons (Fsp3) is 0.455. The second kappa shape index (κ2) is 9.49. The molecule has 7 heteroatoms. The van der Waals surface area contributed by atoms with Gasteiger partial charge in [0.2, 0.25) is 0 Å². The Bertz CT molecular complexity index is 810. The molecule has 1 unspecified atom stereocenters. The third-order valence-corrected chi connectivity index (χ3v) is 5.23. The molecule has 1 heterocycles. The highest BCUT2D eigenvalue weighted by atomic mass is 16.5. The third kappa shape index (κ3) is 5.10. The van der Waals surface area contributed by atoms with Crippen LogP contribution >= 0.6 is 0 Å². The molecule has 0 radical (unpaired) electrons. The lowest BCUT2D eigenvalue weighted by atomic mass is 9.97. The predicted octanol–water partition coefficient (Wildman–Crippen LogP) is 2.61. The number of carbonyl (C=O) groups excluding carboxylic acids is 4. The summed E-state index contributed by atoms with van der Waals surface area (Å²) in [4.78, 5) is 49.8. The van der Waals surface area contributed by atoms with Crippen LogP contribution in [-0.2, 0) is 14.3 Å². The van der Waals surface area contributed by atoms with Gasteiger partial charge < -0.3 is 10.1 Å². The van der Waals surface area contributed by atoms with Gasteiger partial charge in [-0.15, -0.1) is 0 Å². The van der Waals surface area contributed by atoms with E-state index in [0.29, 0.717) is 17.7 Å². The van der Waals surface area contributed by atoms with Crippen LogP contribution in [0.3, 0.4) is 0 Å². The first kappa shape index (κ1) is 20.8. The van der Waals surface area contributed by atoms with Gasteiger partial charge in [-0.2, -0.15) is 0 Å². The quantitative estimate of drug-likeness (QED) is 0.413. The van der Waals surface area contributed by atoms with Gasteiger partial charge in [0.25, 0.3) is 17.7 Å². The van der Waals surface area contributed by atoms with Gasteiger partial charge in [0.1, 0.15) is 0 Å². The molecule has 1 N–H and O–H groups in total. The van der Waals surface area contributed by atoms with Crippen molar-refractivity contribution in [1.82, 2.24) is 10.2 Å². The van der Waals surface area contributed by atoms with E-state index >= 15 is 0 Å². The fourth-order valence-electron chi connectivity index (χ4n) is 3.58. The molecule has 7 nitrogen and oxygen atoms in total. The minimum atomic E-state index is -0.926. The summed E-state index contributed by atoms with van der Waals surface area (Å²) >= 11 is 0. The number of allylic oxidation sites excluding steroid dienone is 1. The molecule has 29 heavy (non-hydrogen) atoms. The van der Waals surface area contributed by atoms with E-state index in [1.54, 1.807) is 24.3 Å². The molecule has 1 aliphatic heterocycles. The number of imide groups is 1. The topological polar surface area (TPSA) is 92.8 Å². The van der Waals surface area contributed by atoms with Crippen molar-refractivity contribution in [3.63, 3.8) is 0 Å². The van der Waals surface area contributed by atoms with Gasteiger partial charge in [0.05, 0.1) is 17.5 Å². The molecule has 1 aliphatic carbocycles. The van der Waals surface area contributed by atoms with Crippen molar-refractivity contribution in [2.45, 2.75) is 51.6 Å². The molecule has 0 fully saturated rings. The highest BCUT2D eigenvalue weighted by molar-refractivity contribution is 6.21. The second-order valence-corrected chi connectivity index (χ2v) is 7.34. The number of rotatable bonds is 8. The Labute approximate surface area is 170 Å². The number of nitrogens with one attached hydrogen (secondary N) is 1. The zero-order chi connectivity index (χ0) is 20.8. The molecule has 3 amide bonds. The van der Waals surface area contributed by atoms with Crippen molar-refractivity contribution in [3.8, 4) is 0 Å². The highest BCUT2D eigenvalue weighted by Gasteiger charge is 2.35. The van der Waals surface area contributed by atoms with E-state index in [-0.39, 0.29) is 18.9 Å². The Morgan fingerprint density at radius 1 is 1.14 bits per heavy atom. The zero-order valence-corrected chi connectivity index (χ0v) is 16.6. The minimum Gasteiger partial charge on any atom is -0.452 e. The average molecular weight is 398 g/mol. The summed E-state index contributed by atoms with van der Waals surface area (Å²) < 4.78 is 5.15. The van der Waals surface area contributed by atoms with Crippen LogP contribution in [0.25, 0.3) is 0 Å². The molecular weight excluding hydrogens is 372 g/mol. The Hall–Kier alpha value is -2.96. The van der Waals surface area contributed by atoms with Crippen LogP contribution in [-0.4, -0.2) is 47.8 Å². The number of carbonyl (C=O) groups is 4. The maximum atomic E-state index is 12.3. The van der Waals surface area contributed by atoms with Crippen LogP contribution in [0.15, 0.2) is 35.9 Å². The predicted molar refractivity (Wildman–Crippen MR) is 106 cm³/mol. The Morgan fingerprint density at radius 2 is 1.83 bits per heavy atom. The van der Waals surface area contributed by atoms with Crippen molar-refractivity contribution in [2.75, 3.05) is 13.1 Å². The van der Waals surface area contributed by atoms with Crippen molar-refractivity contribution in [3.05, 3.63) is 47.0 Å². The molecule has 1 aromatic carbocycles. The van der Waals surface area contributed by atoms with Crippen LogP contribution in [0.2, 0.25) is 0 Å². The average Bonchev–Trinajstić information content (AvgIpc) is 2.97. The van der Waals surface area contributed by atoms with Crippen LogP contribution in [0.5, 0.6) is 0 Å². The number of benzene rings is 1. The van der Waals surface area contributed by atoms with Crippen LogP contribution in [0, 0.1) is 0 Å². The highest BCUT2D eigenvalue weighted by Crippen LogP contribution is 2.22. The van der Waals surface area contributed by atoms with Gasteiger partial charge in [0, 0.05) is 13.1 Å². The number of esters is 1. The first-order chi connectivity index (χ1) is 14.0. The Kier molecular flexibility index (Phi) is 6.80. The van der Waals surface area contributed by atoms with Gasteiger partial charge in [-0.1, -0.05) is 23.8 Å². The number of hydrogen-bond donors (Lipinski definition) is 1. The molecular formula is C22H26N2O5.